The summed E-state index contributed by atoms with van der Waals surface area (Å²) < 4.78 is 1.21. The normalized spacial score (nSPS) is 16.1. The summed E-state index contributed by atoms with van der Waals surface area (Å²) in [6.07, 6.45) is 0.478. The Balaban J connectivity index is 1.87. The first-order valence-electron chi connectivity index (χ1n) is 8.54. The second-order valence-electron chi connectivity index (χ2n) is 6.71. The molecule has 0 aliphatic carbocycles. The highest BCUT2D eigenvalue weighted by molar-refractivity contribution is 5.97. The number of rotatable bonds is 4. The third kappa shape index (κ3) is 3.05. The predicted octanol–water partition coefficient (Wildman–Crippen LogP) is 1.90. The monoisotopic (exact) mass is 372 g/mol. The molecule has 3 rings (SSSR count). The van der Waals surface area contributed by atoms with Gasteiger partial charge >= 0.3 is 11.7 Å². The number of hydrogen-bond donors (Lipinski definition) is 1. The van der Waals surface area contributed by atoms with E-state index >= 15 is 0 Å². The lowest BCUT2D eigenvalue weighted by Crippen LogP contribution is -2.49. The Bertz CT molecular complexity index is 898. The second-order valence-corrected chi connectivity index (χ2v) is 6.71. The van der Waals surface area contributed by atoms with E-state index in [0.29, 0.717) is 5.56 Å². The summed E-state index contributed by atoms with van der Waals surface area (Å²) in [4.78, 5) is 37.1. The number of hydrogen-bond acceptors (Lipinski definition) is 5. The van der Waals surface area contributed by atoms with Gasteiger partial charge in [0.2, 0.25) is 5.69 Å². The molecule has 1 aliphatic rings. The quantitative estimate of drug-likeness (QED) is 0.647. The Labute approximate surface area is 155 Å². The van der Waals surface area contributed by atoms with Crippen LogP contribution in [-0.2, 0) is 17.3 Å². The van der Waals surface area contributed by atoms with Crippen LogP contribution in [0.4, 0.5) is 5.69 Å². The van der Waals surface area contributed by atoms with Crippen molar-refractivity contribution in [3.63, 3.8) is 0 Å². The lowest BCUT2D eigenvalue weighted by Gasteiger charge is -2.39. The first kappa shape index (κ1) is 18.6. The summed E-state index contributed by atoms with van der Waals surface area (Å²) in [5, 5.41) is 25.2. The molecule has 0 unspecified atom stereocenters. The van der Waals surface area contributed by atoms with Gasteiger partial charge in [0.05, 0.1) is 10.3 Å². The highest BCUT2D eigenvalue weighted by Gasteiger charge is 2.45. The van der Waals surface area contributed by atoms with Crippen LogP contribution in [-0.4, -0.2) is 49.7 Å². The van der Waals surface area contributed by atoms with Crippen LogP contribution < -0.4 is 0 Å². The van der Waals surface area contributed by atoms with E-state index in [2.05, 4.69) is 5.10 Å². The number of nitrogens with zero attached hydrogens (tertiary/aromatic N) is 4. The van der Waals surface area contributed by atoms with E-state index in [-0.39, 0.29) is 43.0 Å². The third-order valence-corrected chi connectivity index (χ3v) is 5.22. The summed E-state index contributed by atoms with van der Waals surface area (Å²) in [6.45, 7) is 1.87. The van der Waals surface area contributed by atoms with Crippen molar-refractivity contribution < 1.29 is 19.6 Å². The number of carbonyl (C=O) groups is 2. The minimum atomic E-state index is -1.06. The summed E-state index contributed by atoms with van der Waals surface area (Å²) in [7, 11) is 1.49. The molecule has 9 heteroatoms. The van der Waals surface area contributed by atoms with E-state index in [0.717, 1.165) is 0 Å². The van der Waals surface area contributed by atoms with Crippen LogP contribution in [0.2, 0.25) is 0 Å². The number of nitro groups is 1. The number of aryl methyl sites for hydroxylation is 2. The molecular formula is C18H20N4O5. The van der Waals surface area contributed by atoms with E-state index < -0.39 is 22.2 Å². The zero-order chi connectivity index (χ0) is 19.8. The molecule has 9 nitrogen and oxygen atoms in total. The van der Waals surface area contributed by atoms with Gasteiger partial charge in [0, 0.05) is 20.1 Å². The Morgan fingerprint density at radius 1 is 1.22 bits per heavy atom. The van der Waals surface area contributed by atoms with Gasteiger partial charge in [0.1, 0.15) is 5.69 Å². The Hall–Kier alpha value is -3.23. The molecular weight excluding hydrogens is 352 g/mol. The smallest absolute Gasteiger partial charge is 0.322 e. The van der Waals surface area contributed by atoms with Crippen molar-refractivity contribution in [1.82, 2.24) is 14.7 Å². The lowest BCUT2D eigenvalue weighted by molar-refractivity contribution is -0.385. The molecule has 1 aliphatic heterocycles. The maximum atomic E-state index is 12.9. The zero-order valence-electron chi connectivity index (χ0n) is 15.1. The molecule has 0 bridgehead atoms. The minimum Gasteiger partial charge on any atom is -0.481 e. The van der Waals surface area contributed by atoms with Crippen LogP contribution in [0.15, 0.2) is 30.3 Å². The van der Waals surface area contributed by atoms with E-state index in [9.17, 15) is 24.8 Å². The number of aromatic nitrogens is 2. The maximum absolute atomic E-state index is 12.9. The average Bonchev–Trinajstić information content (AvgIpc) is 2.95. The van der Waals surface area contributed by atoms with Crippen molar-refractivity contribution in [3.05, 3.63) is 57.4 Å². The summed E-state index contributed by atoms with van der Waals surface area (Å²) >= 11 is 0. The van der Waals surface area contributed by atoms with Gasteiger partial charge in [-0.05, 0) is 25.3 Å². The molecule has 27 heavy (non-hydrogen) atoms. The number of piperidine rings is 1. The standard InChI is InChI=1S/C18H20N4O5/c1-12-14(22(26)27)15(20(2)19-12)16(23)21-10-8-18(9-11-21,17(24)25)13-6-4-3-5-7-13/h3-7H,8-11H2,1-2H3,(H,24,25). The van der Waals surface area contributed by atoms with Crippen molar-refractivity contribution in [2.45, 2.75) is 25.2 Å². The van der Waals surface area contributed by atoms with Crippen molar-refractivity contribution in [2.24, 2.45) is 7.05 Å². The molecule has 0 radical (unpaired) electrons. The van der Waals surface area contributed by atoms with E-state index in [1.54, 1.807) is 24.3 Å². The first-order chi connectivity index (χ1) is 12.8. The Morgan fingerprint density at radius 3 is 2.33 bits per heavy atom. The van der Waals surface area contributed by atoms with Gasteiger partial charge in [-0.2, -0.15) is 5.10 Å². The molecule has 142 valence electrons. The number of aliphatic carboxylic acids is 1. The van der Waals surface area contributed by atoms with E-state index in [1.165, 1.54) is 23.6 Å². The number of carboxylic acid groups (broad SMARTS) is 1. The number of carbonyl (C=O) groups excluding carboxylic acids is 1. The molecule has 1 N–H and O–H groups in total. The first-order valence-corrected chi connectivity index (χ1v) is 8.54. The van der Waals surface area contributed by atoms with Crippen LogP contribution in [0.3, 0.4) is 0 Å². The SMILES string of the molecule is Cc1nn(C)c(C(=O)N2CCC(C(=O)O)(c3ccccc3)CC2)c1[N+](=O)[O-]. The number of likely N-dealkylation sites (tertiary alicyclic amines) is 1. The average molecular weight is 372 g/mol. The molecule has 1 saturated heterocycles. The van der Waals surface area contributed by atoms with Crippen molar-refractivity contribution >= 4 is 17.6 Å². The highest BCUT2D eigenvalue weighted by atomic mass is 16.6. The van der Waals surface area contributed by atoms with Crippen LogP contribution in [0.5, 0.6) is 0 Å². The van der Waals surface area contributed by atoms with Crippen LogP contribution in [0.25, 0.3) is 0 Å². The van der Waals surface area contributed by atoms with Gasteiger partial charge in [-0.15, -0.1) is 0 Å². The summed E-state index contributed by atoms with van der Waals surface area (Å²) in [6, 6.07) is 8.96. The van der Waals surface area contributed by atoms with Gasteiger partial charge in [0.25, 0.3) is 5.91 Å². The predicted molar refractivity (Wildman–Crippen MR) is 95.5 cm³/mol. The van der Waals surface area contributed by atoms with Crippen LogP contribution in [0.1, 0.15) is 34.6 Å². The van der Waals surface area contributed by atoms with Gasteiger partial charge < -0.3 is 10.0 Å². The molecule has 1 aromatic heterocycles. The van der Waals surface area contributed by atoms with Crippen molar-refractivity contribution in [3.8, 4) is 0 Å². The van der Waals surface area contributed by atoms with Crippen molar-refractivity contribution in [2.75, 3.05) is 13.1 Å². The van der Waals surface area contributed by atoms with Gasteiger partial charge in [0.15, 0.2) is 0 Å². The summed E-state index contributed by atoms with van der Waals surface area (Å²) in [5.74, 6) is -1.43. The zero-order valence-corrected chi connectivity index (χ0v) is 15.1. The van der Waals surface area contributed by atoms with Crippen LogP contribution >= 0.6 is 0 Å². The van der Waals surface area contributed by atoms with Gasteiger partial charge in [-0.1, -0.05) is 30.3 Å². The fourth-order valence-corrected chi connectivity index (χ4v) is 3.73. The van der Waals surface area contributed by atoms with Gasteiger partial charge in [-0.25, -0.2) is 0 Å². The minimum absolute atomic E-state index is 0.0833. The molecule has 0 saturated carbocycles. The number of carboxylic acids is 1. The molecule has 2 aromatic rings. The van der Waals surface area contributed by atoms with E-state index in [4.69, 9.17) is 0 Å². The van der Waals surface area contributed by atoms with Crippen molar-refractivity contribution in [1.29, 1.82) is 0 Å². The van der Waals surface area contributed by atoms with Crippen LogP contribution in [0, 0.1) is 17.0 Å². The second kappa shape index (κ2) is 6.82. The van der Waals surface area contributed by atoms with E-state index in [1.807, 2.05) is 6.07 Å². The molecule has 1 amide bonds. The Morgan fingerprint density at radius 2 is 1.81 bits per heavy atom. The fourth-order valence-electron chi connectivity index (χ4n) is 3.73. The molecule has 1 fully saturated rings. The lowest BCUT2D eigenvalue weighted by atomic mass is 9.73. The molecule has 1 aromatic carbocycles. The number of benzene rings is 1. The molecule has 0 atom stereocenters. The largest absolute Gasteiger partial charge is 0.481 e. The third-order valence-electron chi connectivity index (χ3n) is 5.22. The Kier molecular flexibility index (Phi) is 4.69. The fraction of sp³-hybridized carbons (Fsp3) is 0.389. The highest BCUT2D eigenvalue weighted by Crippen LogP contribution is 2.36. The molecule has 2 heterocycles. The molecule has 0 spiro atoms. The number of amides is 1. The summed E-state index contributed by atoms with van der Waals surface area (Å²) in [5.41, 5.74) is -0.577. The van der Waals surface area contributed by atoms with Gasteiger partial charge in [-0.3, -0.25) is 24.4 Å². The topological polar surface area (TPSA) is 119 Å². The maximum Gasteiger partial charge on any atom is 0.322 e.